The Morgan fingerprint density at radius 1 is 1.02 bits per heavy atom. The molecule has 10 nitrogen and oxygen atoms in total. The molecule has 1 aliphatic carbocycles. The summed E-state index contributed by atoms with van der Waals surface area (Å²) in [5, 5.41) is 15.1. The van der Waals surface area contributed by atoms with Crippen molar-refractivity contribution in [3.63, 3.8) is 0 Å². The Kier molecular flexibility index (Phi) is 10.4. The number of carbonyl (C=O) groups is 2. The van der Waals surface area contributed by atoms with Crippen molar-refractivity contribution in [1.82, 2.24) is 10.2 Å². The SMILES string of the molecule is Cc1ccc([N+](=O)[O-])cc1N(CC(=O)N(Cc1ccc(Cl)cc1)C(Cc1ccccc1)C(=O)NC1CCCC1)S(C)(=O)=O. The van der Waals surface area contributed by atoms with Crippen molar-refractivity contribution in [2.75, 3.05) is 17.1 Å². The molecule has 1 aliphatic rings. The third-order valence-corrected chi connectivity index (χ3v) is 8.97. The summed E-state index contributed by atoms with van der Waals surface area (Å²) in [5.74, 6) is -0.954. The molecular formula is C31H35ClN4O6S. The molecule has 3 aromatic rings. The van der Waals surface area contributed by atoms with Gasteiger partial charge in [0.25, 0.3) is 5.69 Å². The number of hydrogen-bond acceptors (Lipinski definition) is 6. The van der Waals surface area contributed by atoms with Gasteiger partial charge in [-0.3, -0.25) is 24.0 Å². The standard InChI is InChI=1S/C31H35ClN4O6S/c1-22-12-17-27(36(39)40)19-28(22)35(43(2,41)42)21-30(37)34(20-24-13-15-25(32)16-14-24)29(18-23-8-4-3-5-9-23)31(38)33-26-10-6-7-11-26/h3-5,8-9,12-17,19,26,29H,6-7,10-11,18,20-21H2,1-2H3,(H,33,38). The summed E-state index contributed by atoms with van der Waals surface area (Å²) >= 11 is 6.10. The quantitative estimate of drug-likeness (QED) is 0.222. The van der Waals surface area contributed by atoms with Gasteiger partial charge in [0.1, 0.15) is 12.6 Å². The largest absolute Gasteiger partial charge is 0.352 e. The first kappa shape index (κ1) is 32.0. The highest BCUT2D eigenvalue weighted by atomic mass is 35.5. The molecular weight excluding hydrogens is 592 g/mol. The van der Waals surface area contributed by atoms with Crippen LogP contribution in [0.5, 0.6) is 0 Å². The molecule has 1 fully saturated rings. The Hall–Kier alpha value is -3.96. The molecule has 1 saturated carbocycles. The minimum Gasteiger partial charge on any atom is -0.352 e. The van der Waals surface area contributed by atoms with E-state index < -0.39 is 33.4 Å². The highest BCUT2D eigenvalue weighted by molar-refractivity contribution is 7.92. The van der Waals surface area contributed by atoms with E-state index in [4.69, 9.17) is 11.6 Å². The maximum absolute atomic E-state index is 14.2. The van der Waals surface area contributed by atoms with Crippen molar-refractivity contribution < 1.29 is 22.9 Å². The second-order valence-electron chi connectivity index (χ2n) is 10.8. The summed E-state index contributed by atoms with van der Waals surface area (Å²) in [6, 6.07) is 19.0. The van der Waals surface area contributed by atoms with Crippen LogP contribution in [0.25, 0.3) is 0 Å². The lowest BCUT2D eigenvalue weighted by molar-refractivity contribution is -0.384. The first-order valence-corrected chi connectivity index (χ1v) is 16.3. The van der Waals surface area contributed by atoms with Crippen LogP contribution in [0.1, 0.15) is 42.4 Å². The van der Waals surface area contributed by atoms with Crippen molar-refractivity contribution in [3.8, 4) is 0 Å². The first-order valence-electron chi connectivity index (χ1n) is 14.0. The predicted molar refractivity (Wildman–Crippen MR) is 166 cm³/mol. The number of carbonyl (C=O) groups excluding carboxylic acids is 2. The maximum atomic E-state index is 14.2. The van der Waals surface area contributed by atoms with Crippen LogP contribution in [-0.2, 0) is 32.6 Å². The molecule has 0 spiro atoms. The lowest BCUT2D eigenvalue weighted by Crippen LogP contribution is -2.54. The van der Waals surface area contributed by atoms with Crippen molar-refractivity contribution in [1.29, 1.82) is 0 Å². The molecule has 0 heterocycles. The summed E-state index contributed by atoms with van der Waals surface area (Å²) in [6.07, 6.45) is 4.86. The van der Waals surface area contributed by atoms with Gasteiger partial charge in [0.05, 0.1) is 16.9 Å². The van der Waals surface area contributed by atoms with Crippen LogP contribution in [-0.4, -0.2) is 54.9 Å². The maximum Gasteiger partial charge on any atom is 0.271 e. The van der Waals surface area contributed by atoms with Gasteiger partial charge in [0.2, 0.25) is 21.8 Å². The fraction of sp³-hybridized carbons (Fsp3) is 0.355. The second kappa shape index (κ2) is 14.0. The number of benzene rings is 3. The Bertz CT molecular complexity index is 1560. The van der Waals surface area contributed by atoms with Gasteiger partial charge < -0.3 is 10.2 Å². The fourth-order valence-corrected chi connectivity index (χ4v) is 6.31. The number of rotatable bonds is 12. The Morgan fingerprint density at radius 2 is 1.67 bits per heavy atom. The summed E-state index contributed by atoms with van der Waals surface area (Å²) < 4.78 is 26.9. The zero-order chi connectivity index (χ0) is 31.1. The van der Waals surface area contributed by atoms with E-state index in [1.807, 2.05) is 30.3 Å². The number of hydrogen-bond donors (Lipinski definition) is 1. The van der Waals surface area contributed by atoms with Gasteiger partial charge in [-0.1, -0.05) is 73.0 Å². The molecule has 0 aromatic heterocycles. The zero-order valence-corrected chi connectivity index (χ0v) is 25.7. The molecule has 2 amide bonds. The number of amides is 2. The van der Waals surface area contributed by atoms with Gasteiger partial charge in [-0.15, -0.1) is 0 Å². The van der Waals surface area contributed by atoms with Crippen LogP contribution < -0.4 is 9.62 Å². The van der Waals surface area contributed by atoms with Gasteiger partial charge in [-0.25, -0.2) is 8.42 Å². The average molecular weight is 627 g/mol. The minimum atomic E-state index is -4.07. The third-order valence-electron chi connectivity index (χ3n) is 7.59. The number of anilines is 1. The van der Waals surface area contributed by atoms with Gasteiger partial charge >= 0.3 is 0 Å². The molecule has 1 unspecified atom stereocenters. The molecule has 4 rings (SSSR count). The predicted octanol–water partition coefficient (Wildman–Crippen LogP) is 5.02. The van der Waals surface area contributed by atoms with Crippen molar-refractivity contribution in [2.45, 2.75) is 57.7 Å². The lowest BCUT2D eigenvalue weighted by atomic mass is 10.0. The molecule has 0 bridgehead atoms. The van der Waals surface area contributed by atoms with Crippen LogP contribution in [0.15, 0.2) is 72.8 Å². The molecule has 12 heteroatoms. The summed E-state index contributed by atoms with van der Waals surface area (Å²) in [5.41, 5.74) is 1.68. The third kappa shape index (κ3) is 8.55. The van der Waals surface area contributed by atoms with E-state index in [1.165, 1.54) is 17.0 Å². The molecule has 0 aliphatic heterocycles. The average Bonchev–Trinajstić information content (AvgIpc) is 3.48. The van der Waals surface area contributed by atoms with E-state index in [9.17, 15) is 28.1 Å². The number of nitrogens with zero attached hydrogens (tertiary/aromatic N) is 3. The molecule has 0 radical (unpaired) electrons. The summed E-state index contributed by atoms with van der Waals surface area (Å²) in [6.45, 7) is 0.966. The minimum absolute atomic E-state index is 0.00158. The number of non-ortho nitro benzene ring substituents is 1. The van der Waals surface area contributed by atoms with Gasteiger partial charge in [0.15, 0.2) is 0 Å². The van der Waals surface area contributed by atoms with E-state index in [-0.39, 0.29) is 36.3 Å². The topological polar surface area (TPSA) is 130 Å². The Labute approximate surface area is 256 Å². The molecule has 1 atom stereocenters. The molecule has 228 valence electrons. The van der Waals surface area contributed by atoms with E-state index in [1.54, 1.807) is 31.2 Å². The number of nitro benzene ring substituents is 1. The first-order chi connectivity index (χ1) is 20.4. The number of halogens is 1. The second-order valence-corrected chi connectivity index (χ2v) is 13.2. The van der Waals surface area contributed by atoms with Crippen LogP contribution in [0.4, 0.5) is 11.4 Å². The number of aryl methyl sites for hydroxylation is 1. The van der Waals surface area contributed by atoms with Gasteiger partial charge in [0, 0.05) is 36.2 Å². The molecule has 43 heavy (non-hydrogen) atoms. The highest BCUT2D eigenvalue weighted by Gasteiger charge is 2.34. The van der Waals surface area contributed by atoms with Crippen molar-refractivity contribution >= 4 is 44.8 Å². The molecule has 3 aromatic carbocycles. The fourth-order valence-electron chi connectivity index (χ4n) is 5.28. The van der Waals surface area contributed by atoms with Crippen LogP contribution in [0.2, 0.25) is 5.02 Å². The molecule has 0 saturated heterocycles. The van der Waals surface area contributed by atoms with Crippen LogP contribution in [0, 0.1) is 17.0 Å². The number of sulfonamides is 1. The van der Waals surface area contributed by atoms with Crippen LogP contribution in [0.3, 0.4) is 0 Å². The lowest BCUT2D eigenvalue weighted by Gasteiger charge is -2.34. The van der Waals surface area contributed by atoms with Gasteiger partial charge in [-0.2, -0.15) is 0 Å². The van der Waals surface area contributed by atoms with Crippen molar-refractivity contribution in [2.24, 2.45) is 0 Å². The smallest absolute Gasteiger partial charge is 0.271 e. The normalized spacial score (nSPS) is 14.2. The van der Waals surface area contributed by atoms with Crippen molar-refractivity contribution in [3.05, 3.63) is 105 Å². The Morgan fingerprint density at radius 3 is 2.28 bits per heavy atom. The van der Waals surface area contributed by atoms with E-state index in [0.717, 1.165) is 47.9 Å². The molecule has 1 N–H and O–H groups in total. The van der Waals surface area contributed by atoms with E-state index >= 15 is 0 Å². The Balaban J connectivity index is 1.76. The highest BCUT2D eigenvalue weighted by Crippen LogP contribution is 2.28. The van der Waals surface area contributed by atoms with Crippen LogP contribution >= 0.6 is 11.6 Å². The van der Waals surface area contributed by atoms with E-state index in [0.29, 0.717) is 16.1 Å². The monoisotopic (exact) mass is 626 g/mol. The summed E-state index contributed by atoms with van der Waals surface area (Å²) in [7, 11) is -4.07. The zero-order valence-electron chi connectivity index (χ0n) is 24.1. The number of nitro groups is 1. The van der Waals surface area contributed by atoms with Gasteiger partial charge in [-0.05, 0) is 48.6 Å². The van der Waals surface area contributed by atoms with E-state index in [2.05, 4.69) is 5.32 Å². The number of nitrogens with one attached hydrogen (secondary N) is 1. The summed E-state index contributed by atoms with van der Waals surface area (Å²) in [4.78, 5) is 40.4.